The molecule has 0 aliphatic carbocycles. The van der Waals surface area contributed by atoms with Crippen molar-refractivity contribution in [1.29, 1.82) is 0 Å². The van der Waals surface area contributed by atoms with Crippen LogP contribution < -0.4 is 15.5 Å². The molecular weight excluding hydrogens is 530 g/mol. The highest BCUT2D eigenvalue weighted by atomic mass is 16.2. The fourth-order valence-electron chi connectivity index (χ4n) is 4.74. The van der Waals surface area contributed by atoms with E-state index in [-0.39, 0.29) is 18.0 Å². The van der Waals surface area contributed by atoms with Crippen LogP contribution in [0.15, 0.2) is 73.2 Å². The molecule has 0 fully saturated rings. The fourth-order valence-corrected chi connectivity index (χ4v) is 4.74. The van der Waals surface area contributed by atoms with E-state index in [0.717, 1.165) is 29.8 Å². The summed E-state index contributed by atoms with van der Waals surface area (Å²) in [6.45, 7) is 5.74. The van der Waals surface area contributed by atoms with Crippen LogP contribution in [0.2, 0.25) is 0 Å². The van der Waals surface area contributed by atoms with Gasteiger partial charge in [0.2, 0.25) is 11.9 Å². The van der Waals surface area contributed by atoms with E-state index >= 15 is 0 Å². The minimum Gasteiger partial charge on any atom is -0.326 e. The number of nitrogens with one attached hydrogen (secondary N) is 2. The molecule has 11 heteroatoms. The van der Waals surface area contributed by atoms with Gasteiger partial charge < -0.3 is 20.4 Å². The van der Waals surface area contributed by atoms with Gasteiger partial charge in [-0.05, 0) is 64.7 Å². The van der Waals surface area contributed by atoms with Gasteiger partial charge in [0.25, 0.3) is 0 Å². The number of hydrogen-bond donors (Lipinski definition) is 2. The number of aromatic nitrogens is 4. The van der Waals surface area contributed by atoms with Gasteiger partial charge >= 0.3 is 6.03 Å². The molecule has 11 nitrogen and oxygen atoms in total. The van der Waals surface area contributed by atoms with E-state index in [4.69, 9.17) is 4.98 Å². The average molecular weight is 568 g/mol. The maximum absolute atomic E-state index is 14.0. The lowest BCUT2D eigenvalue weighted by Gasteiger charge is -2.36. The van der Waals surface area contributed by atoms with E-state index in [0.29, 0.717) is 42.7 Å². The van der Waals surface area contributed by atoms with E-state index in [2.05, 4.69) is 39.5 Å². The number of urea groups is 1. The summed E-state index contributed by atoms with van der Waals surface area (Å²) in [7, 11) is 3.97. The normalized spacial score (nSPS) is 13.0. The number of fused-ring (bicyclic) bond motifs is 1. The molecule has 42 heavy (non-hydrogen) atoms. The maximum atomic E-state index is 14.0. The van der Waals surface area contributed by atoms with Crippen LogP contribution in [0, 0.1) is 0 Å². The first kappa shape index (κ1) is 28.7. The standard InChI is InChI=1S/C31H37N9O2/c1-22(2)39-21-26(18-33-39)35-30-32-17-24-20-38(19-23-10-6-5-7-11-23)31(42)40(29(24)36-30)27-13-8-12-25(16-27)34-28(41)14-9-15-37(3)4/h5-8,10-13,16-18,21-22H,9,14-15,19-20H2,1-4H3,(H,34,41)(H,32,35,36). The Morgan fingerprint density at radius 2 is 1.86 bits per heavy atom. The van der Waals surface area contributed by atoms with Crippen molar-refractivity contribution < 1.29 is 9.59 Å². The summed E-state index contributed by atoms with van der Waals surface area (Å²) in [5.41, 5.74) is 3.80. The van der Waals surface area contributed by atoms with E-state index < -0.39 is 0 Å². The van der Waals surface area contributed by atoms with Gasteiger partial charge in [-0.3, -0.25) is 9.48 Å². The monoisotopic (exact) mass is 567 g/mol. The Kier molecular flexibility index (Phi) is 8.77. The van der Waals surface area contributed by atoms with E-state index in [9.17, 15) is 9.59 Å². The van der Waals surface area contributed by atoms with Gasteiger partial charge in [0.1, 0.15) is 0 Å². The first-order chi connectivity index (χ1) is 20.3. The average Bonchev–Trinajstić information content (AvgIpc) is 3.43. The summed E-state index contributed by atoms with van der Waals surface area (Å²) in [6.07, 6.45) is 6.54. The molecule has 2 aromatic heterocycles. The summed E-state index contributed by atoms with van der Waals surface area (Å²) in [5, 5.41) is 10.6. The lowest BCUT2D eigenvalue weighted by Crippen LogP contribution is -2.45. The molecule has 0 saturated carbocycles. The number of carbonyl (C=O) groups excluding carboxylic acids is 2. The Balaban J connectivity index is 1.45. The second kappa shape index (κ2) is 12.8. The van der Waals surface area contributed by atoms with Gasteiger partial charge in [-0.2, -0.15) is 10.1 Å². The van der Waals surface area contributed by atoms with Gasteiger partial charge in [-0.25, -0.2) is 14.7 Å². The molecule has 218 valence electrons. The Labute approximate surface area is 246 Å². The highest BCUT2D eigenvalue weighted by Gasteiger charge is 2.33. The fraction of sp³-hybridized carbons (Fsp3) is 0.323. The zero-order valence-electron chi connectivity index (χ0n) is 24.5. The molecule has 0 spiro atoms. The third-order valence-electron chi connectivity index (χ3n) is 6.88. The molecule has 1 aliphatic heterocycles. The summed E-state index contributed by atoms with van der Waals surface area (Å²) in [5.74, 6) is 0.782. The summed E-state index contributed by atoms with van der Waals surface area (Å²) >= 11 is 0. The lowest BCUT2D eigenvalue weighted by atomic mass is 10.1. The lowest BCUT2D eigenvalue weighted by molar-refractivity contribution is -0.116. The number of nitrogens with zero attached hydrogens (tertiary/aromatic N) is 7. The van der Waals surface area contributed by atoms with Crippen molar-refractivity contribution in [3.8, 4) is 0 Å². The van der Waals surface area contributed by atoms with Crippen LogP contribution in [0.3, 0.4) is 0 Å². The van der Waals surface area contributed by atoms with Crippen LogP contribution in [0.25, 0.3) is 0 Å². The first-order valence-corrected chi connectivity index (χ1v) is 14.1. The molecule has 3 amide bonds. The predicted molar refractivity (Wildman–Crippen MR) is 164 cm³/mol. The highest BCUT2D eigenvalue weighted by molar-refractivity contribution is 6.02. The molecule has 5 rings (SSSR count). The highest BCUT2D eigenvalue weighted by Crippen LogP contribution is 2.36. The Morgan fingerprint density at radius 3 is 2.60 bits per heavy atom. The topological polar surface area (TPSA) is 112 Å². The van der Waals surface area contributed by atoms with Crippen molar-refractivity contribution in [1.82, 2.24) is 29.5 Å². The van der Waals surface area contributed by atoms with E-state index in [1.807, 2.05) is 73.5 Å². The summed E-state index contributed by atoms with van der Waals surface area (Å²) in [4.78, 5) is 41.4. The molecule has 1 aliphatic rings. The molecule has 4 aromatic rings. The van der Waals surface area contributed by atoms with Gasteiger partial charge in [0, 0.05) is 42.7 Å². The van der Waals surface area contributed by atoms with Crippen LogP contribution in [0.1, 0.15) is 43.9 Å². The minimum atomic E-state index is -0.210. The second-order valence-corrected chi connectivity index (χ2v) is 10.9. The SMILES string of the molecule is CC(C)n1cc(Nc2ncc3c(n2)N(c2cccc(NC(=O)CCCN(C)C)c2)C(=O)N(Cc2ccccc2)C3)cn1. The maximum Gasteiger partial charge on any atom is 0.330 e. The molecule has 0 unspecified atom stereocenters. The number of carbonyl (C=O) groups is 2. The zero-order valence-corrected chi connectivity index (χ0v) is 24.5. The Bertz CT molecular complexity index is 1530. The van der Waals surface area contributed by atoms with Gasteiger partial charge in [0.15, 0.2) is 5.82 Å². The predicted octanol–water partition coefficient (Wildman–Crippen LogP) is 5.55. The van der Waals surface area contributed by atoms with Crippen LogP contribution in [0.4, 0.5) is 33.6 Å². The van der Waals surface area contributed by atoms with Crippen LogP contribution >= 0.6 is 0 Å². The molecule has 0 bridgehead atoms. The van der Waals surface area contributed by atoms with Crippen molar-refractivity contribution in [2.75, 3.05) is 36.2 Å². The van der Waals surface area contributed by atoms with E-state index in [1.54, 1.807) is 28.3 Å². The van der Waals surface area contributed by atoms with Crippen molar-refractivity contribution in [3.05, 3.63) is 84.3 Å². The smallest absolute Gasteiger partial charge is 0.326 e. The largest absolute Gasteiger partial charge is 0.330 e. The third kappa shape index (κ3) is 6.92. The zero-order chi connectivity index (χ0) is 29.6. The van der Waals surface area contributed by atoms with Crippen molar-refractivity contribution >= 4 is 40.8 Å². The molecule has 2 N–H and O–H groups in total. The van der Waals surface area contributed by atoms with Gasteiger partial charge in [-0.1, -0.05) is 36.4 Å². The molecule has 2 aromatic carbocycles. The van der Waals surface area contributed by atoms with Crippen LogP contribution in [-0.2, 0) is 17.9 Å². The third-order valence-corrected chi connectivity index (χ3v) is 6.88. The van der Waals surface area contributed by atoms with Crippen LogP contribution in [0.5, 0.6) is 0 Å². The van der Waals surface area contributed by atoms with Gasteiger partial charge in [-0.15, -0.1) is 0 Å². The summed E-state index contributed by atoms with van der Waals surface area (Å²) in [6, 6.07) is 17.2. The molecule has 0 saturated heterocycles. The van der Waals surface area contributed by atoms with Crippen molar-refractivity contribution in [3.63, 3.8) is 0 Å². The van der Waals surface area contributed by atoms with Crippen molar-refractivity contribution in [2.24, 2.45) is 0 Å². The van der Waals surface area contributed by atoms with Crippen LogP contribution in [-0.4, -0.2) is 62.1 Å². The number of anilines is 5. The number of amides is 3. The van der Waals surface area contributed by atoms with Crippen molar-refractivity contribution in [2.45, 2.75) is 45.8 Å². The number of benzene rings is 2. The minimum absolute atomic E-state index is 0.0687. The second-order valence-electron chi connectivity index (χ2n) is 10.9. The quantitative estimate of drug-likeness (QED) is 0.244. The molecule has 3 heterocycles. The molecule has 0 atom stereocenters. The Morgan fingerprint density at radius 1 is 1.05 bits per heavy atom. The molecule has 0 radical (unpaired) electrons. The Hall–Kier alpha value is -4.77. The first-order valence-electron chi connectivity index (χ1n) is 14.1. The van der Waals surface area contributed by atoms with Gasteiger partial charge in [0.05, 0.1) is 24.1 Å². The number of rotatable bonds is 11. The molecular formula is C31H37N9O2. The van der Waals surface area contributed by atoms with E-state index in [1.165, 1.54) is 0 Å². The summed E-state index contributed by atoms with van der Waals surface area (Å²) < 4.78 is 1.85. The number of hydrogen-bond acceptors (Lipinski definition) is 7.